The first-order valence-corrected chi connectivity index (χ1v) is 11.1. The minimum atomic E-state index is -4.18. The van der Waals surface area contributed by atoms with E-state index in [9.17, 15) is 22.9 Å². The Labute approximate surface area is 186 Å². The number of esters is 1. The number of rotatable bonds is 6. The van der Waals surface area contributed by atoms with E-state index < -0.39 is 21.8 Å². The van der Waals surface area contributed by atoms with Gasteiger partial charge in [0.05, 0.1) is 12.3 Å². The van der Waals surface area contributed by atoms with E-state index >= 15 is 0 Å². The van der Waals surface area contributed by atoms with Crippen molar-refractivity contribution in [2.24, 2.45) is 0 Å². The number of pyridine rings is 1. The third-order valence-electron chi connectivity index (χ3n) is 4.12. The molecule has 10 heteroatoms. The molecule has 31 heavy (non-hydrogen) atoms. The van der Waals surface area contributed by atoms with Crippen LogP contribution in [0.15, 0.2) is 69.9 Å². The van der Waals surface area contributed by atoms with Crippen LogP contribution < -0.4 is 0 Å². The molecule has 0 bridgehead atoms. The summed E-state index contributed by atoms with van der Waals surface area (Å²) < 4.78 is 47.3. The van der Waals surface area contributed by atoms with Gasteiger partial charge in [-0.25, -0.2) is 21.6 Å². The maximum absolute atomic E-state index is 14.5. The quantitative estimate of drug-likeness (QED) is 0.284. The van der Waals surface area contributed by atoms with Crippen molar-refractivity contribution in [1.29, 1.82) is 5.26 Å². The number of carbonyl (C=O) groups excluding carboxylic acids is 1. The van der Waals surface area contributed by atoms with Crippen LogP contribution in [0.2, 0.25) is 0 Å². The van der Waals surface area contributed by atoms with E-state index in [1.165, 1.54) is 55.0 Å². The molecule has 1 aromatic carbocycles. The Balaban J connectivity index is 2.24. The highest BCUT2D eigenvalue weighted by atomic mass is 79.9. The molecule has 2 heterocycles. The van der Waals surface area contributed by atoms with Crippen LogP contribution in [0.25, 0.3) is 17.3 Å². The van der Waals surface area contributed by atoms with E-state index in [1.54, 1.807) is 19.1 Å². The summed E-state index contributed by atoms with van der Waals surface area (Å²) in [5, 5.41) is 9.27. The summed E-state index contributed by atoms with van der Waals surface area (Å²) in [6.07, 6.45) is 4.99. The normalized spacial score (nSPS) is 11.7. The smallest absolute Gasteiger partial charge is 0.348 e. The number of carbonyl (C=O) groups is 1. The van der Waals surface area contributed by atoms with Crippen molar-refractivity contribution in [3.63, 3.8) is 0 Å². The number of ether oxygens (including phenoxy) is 1. The van der Waals surface area contributed by atoms with E-state index in [0.717, 1.165) is 3.97 Å². The van der Waals surface area contributed by atoms with Crippen molar-refractivity contribution in [3.8, 4) is 17.3 Å². The van der Waals surface area contributed by atoms with Crippen molar-refractivity contribution >= 4 is 38.0 Å². The average Bonchev–Trinajstić information content (AvgIpc) is 3.17. The van der Waals surface area contributed by atoms with Crippen molar-refractivity contribution in [2.75, 3.05) is 6.61 Å². The van der Waals surface area contributed by atoms with E-state index in [4.69, 9.17) is 4.74 Å². The van der Waals surface area contributed by atoms with Gasteiger partial charge in [-0.15, -0.1) is 0 Å². The third-order valence-corrected chi connectivity index (χ3v) is 6.19. The molecule has 0 aliphatic rings. The van der Waals surface area contributed by atoms with Crippen LogP contribution >= 0.6 is 15.9 Å². The molecule has 0 saturated carbocycles. The van der Waals surface area contributed by atoms with Crippen molar-refractivity contribution in [1.82, 2.24) is 8.96 Å². The monoisotopic (exact) mass is 503 g/mol. The van der Waals surface area contributed by atoms with Gasteiger partial charge >= 0.3 is 5.97 Å². The fourth-order valence-electron chi connectivity index (χ4n) is 2.77. The lowest BCUT2D eigenvalue weighted by Crippen LogP contribution is -2.14. The van der Waals surface area contributed by atoms with Crippen molar-refractivity contribution < 1.29 is 22.3 Å². The van der Waals surface area contributed by atoms with Crippen molar-refractivity contribution in [2.45, 2.75) is 11.8 Å². The van der Waals surface area contributed by atoms with Gasteiger partial charge < -0.3 is 4.74 Å². The van der Waals surface area contributed by atoms with E-state index in [1.807, 2.05) is 0 Å². The second-order valence-electron chi connectivity index (χ2n) is 6.17. The predicted octanol–water partition coefficient (Wildman–Crippen LogP) is 4.16. The van der Waals surface area contributed by atoms with Crippen LogP contribution in [-0.4, -0.2) is 30.0 Å². The SMILES string of the molecule is CCOC(=O)/C(C#N)=C/c1cc(-c2ccccc2F)n(S(=O)(=O)c2cncc(Br)c2)c1. The Kier molecular flexibility index (Phi) is 6.68. The van der Waals surface area contributed by atoms with Crippen LogP contribution in [0.5, 0.6) is 0 Å². The highest BCUT2D eigenvalue weighted by molar-refractivity contribution is 9.10. The minimum absolute atomic E-state index is 0.0190. The Hall–Kier alpha value is -3.29. The fourth-order valence-corrected chi connectivity index (χ4v) is 4.65. The van der Waals surface area contributed by atoms with E-state index in [2.05, 4.69) is 20.9 Å². The van der Waals surface area contributed by atoms with Gasteiger partial charge in [0.1, 0.15) is 22.4 Å². The van der Waals surface area contributed by atoms with Gasteiger partial charge in [0.15, 0.2) is 0 Å². The lowest BCUT2D eigenvalue weighted by atomic mass is 10.1. The molecule has 0 radical (unpaired) electrons. The molecule has 0 unspecified atom stereocenters. The zero-order valence-electron chi connectivity index (χ0n) is 16.1. The van der Waals surface area contributed by atoms with Gasteiger partial charge in [-0.3, -0.25) is 4.98 Å². The van der Waals surface area contributed by atoms with Gasteiger partial charge in [-0.05, 0) is 58.8 Å². The lowest BCUT2D eigenvalue weighted by molar-refractivity contribution is -0.137. The lowest BCUT2D eigenvalue weighted by Gasteiger charge is -2.11. The zero-order chi connectivity index (χ0) is 22.6. The first-order valence-electron chi connectivity index (χ1n) is 8.90. The van der Waals surface area contributed by atoms with Gasteiger partial charge in [0.25, 0.3) is 10.0 Å². The number of nitrogens with zero attached hydrogens (tertiary/aromatic N) is 3. The van der Waals surface area contributed by atoms with Crippen LogP contribution in [-0.2, 0) is 19.6 Å². The molecular formula is C21H15BrFN3O4S. The molecule has 0 aliphatic carbocycles. The van der Waals surface area contributed by atoms with E-state index in [0.29, 0.717) is 4.47 Å². The Morgan fingerprint density at radius 1 is 1.32 bits per heavy atom. The molecule has 0 spiro atoms. The maximum atomic E-state index is 14.5. The second-order valence-corrected chi connectivity index (χ2v) is 8.90. The molecule has 0 N–H and O–H groups in total. The van der Waals surface area contributed by atoms with Crippen LogP contribution in [0.1, 0.15) is 12.5 Å². The van der Waals surface area contributed by atoms with Crippen LogP contribution in [0.3, 0.4) is 0 Å². The number of halogens is 2. The second kappa shape index (κ2) is 9.24. The number of aromatic nitrogens is 2. The topological polar surface area (TPSA) is 102 Å². The number of hydrogen-bond donors (Lipinski definition) is 0. The molecular weight excluding hydrogens is 489 g/mol. The first kappa shape index (κ1) is 22.4. The highest BCUT2D eigenvalue weighted by Gasteiger charge is 2.24. The molecule has 3 aromatic rings. The summed E-state index contributed by atoms with van der Waals surface area (Å²) in [6.45, 7) is 1.67. The molecule has 0 aliphatic heterocycles. The summed E-state index contributed by atoms with van der Waals surface area (Å²) >= 11 is 3.19. The summed E-state index contributed by atoms with van der Waals surface area (Å²) in [7, 11) is -4.18. The van der Waals surface area contributed by atoms with Crippen LogP contribution in [0.4, 0.5) is 4.39 Å². The Morgan fingerprint density at radius 2 is 2.06 bits per heavy atom. The molecule has 7 nitrogen and oxygen atoms in total. The number of nitriles is 1. The standard InChI is InChI=1S/C21H15BrFN3O4S/c1-2-30-21(27)15(10-24)7-14-8-20(18-5-3-4-6-19(18)23)26(13-14)31(28,29)17-9-16(22)11-25-12-17/h3-9,11-13H,2H2,1H3/b15-7+. The van der Waals surface area contributed by atoms with Gasteiger partial charge in [0.2, 0.25) is 0 Å². The third kappa shape index (κ3) is 4.73. The maximum Gasteiger partial charge on any atom is 0.348 e. The zero-order valence-corrected chi connectivity index (χ0v) is 18.5. The number of hydrogen-bond acceptors (Lipinski definition) is 6. The minimum Gasteiger partial charge on any atom is -0.462 e. The van der Waals surface area contributed by atoms with Gasteiger partial charge in [-0.2, -0.15) is 5.26 Å². The molecule has 0 amide bonds. The molecule has 2 aromatic heterocycles. The average molecular weight is 504 g/mol. The molecule has 0 fully saturated rings. The van der Waals surface area contributed by atoms with E-state index in [-0.39, 0.29) is 33.9 Å². The Morgan fingerprint density at radius 3 is 2.71 bits per heavy atom. The summed E-state index contributed by atoms with van der Waals surface area (Å²) in [6, 6.07) is 10.1. The summed E-state index contributed by atoms with van der Waals surface area (Å²) in [5.41, 5.74) is -0.0659. The first-order chi connectivity index (χ1) is 14.8. The highest BCUT2D eigenvalue weighted by Crippen LogP contribution is 2.30. The number of benzene rings is 1. The fraction of sp³-hybridized carbons (Fsp3) is 0.0952. The Bertz CT molecular complexity index is 1330. The molecule has 0 saturated heterocycles. The van der Waals surface area contributed by atoms with Gasteiger partial charge in [-0.1, -0.05) is 12.1 Å². The summed E-state index contributed by atoms with van der Waals surface area (Å²) in [4.78, 5) is 15.7. The molecule has 3 rings (SSSR count). The van der Waals surface area contributed by atoms with Crippen molar-refractivity contribution in [3.05, 3.63) is 76.4 Å². The summed E-state index contributed by atoms with van der Waals surface area (Å²) in [5.74, 6) is -1.48. The molecule has 0 atom stereocenters. The van der Waals surface area contributed by atoms with Crippen LogP contribution in [0, 0.1) is 17.1 Å². The predicted molar refractivity (Wildman–Crippen MR) is 115 cm³/mol. The van der Waals surface area contributed by atoms with Gasteiger partial charge in [0, 0.05) is 28.6 Å². The largest absolute Gasteiger partial charge is 0.462 e. The molecule has 158 valence electrons.